The lowest BCUT2D eigenvalue weighted by Gasteiger charge is -2.16. The number of rotatable bonds is 7. The van der Waals surface area contributed by atoms with Crippen molar-refractivity contribution < 1.29 is 13.2 Å². The Morgan fingerprint density at radius 2 is 2.00 bits per heavy atom. The lowest BCUT2D eigenvalue weighted by atomic mass is 10.0. The summed E-state index contributed by atoms with van der Waals surface area (Å²) in [5.74, 6) is 1.35. The maximum Gasteiger partial charge on any atom is 0.187 e. The fraction of sp³-hybridized carbons (Fsp3) is 0.318. The van der Waals surface area contributed by atoms with Crippen LogP contribution in [-0.4, -0.2) is 32.2 Å². The van der Waals surface area contributed by atoms with Crippen LogP contribution < -0.4 is 15.4 Å². The zero-order valence-corrected chi connectivity index (χ0v) is 18.6. The molecule has 1 N–H and O–H groups in total. The fourth-order valence-corrected chi connectivity index (χ4v) is 4.76. The van der Waals surface area contributed by atoms with Crippen LogP contribution in [0.15, 0.2) is 53.6 Å². The van der Waals surface area contributed by atoms with Crippen molar-refractivity contribution >= 4 is 32.0 Å². The number of nitrogens with one attached hydrogen (secondary N) is 1. The lowest BCUT2D eigenvalue weighted by molar-refractivity contribution is 0.469. The van der Waals surface area contributed by atoms with Crippen molar-refractivity contribution in [1.29, 1.82) is 0 Å². The van der Waals surface area contributed by atoms with E-state index in [0.29, 0.717) is 11.8 Å². The van der Waals surface area contributed by atoms with E-state index in [9.17, 15) is 8.42 Å². The standard InChI is InChI=1S/C22H24N3O3S2/c1-15-14-24-22(29-15)25-18-5-10-21(16(13-18)12-17-4-3-11-23-17)28-19-6-8-20(9-7-19)30(2,26)27/h5-10,13-14,17H,3-4,11-12H2,1-2H3,(H,24,25). The first-order chi connectivity index (χ1) is 14.4. The van der Waals surface area contributed by atoms with Gasteiger partial charge in [0.25, 0.3) is 0 Å². The molecule has 3 aromatic rings. The highest BCUT2D eigenvalue weighted by molar-refractivity contribution is 7.90. The summed E-state index contributed by atoms with van der Waals surface area (Å²) in [5.41, 5.74) is 2.02. The second kappa shape index (κ2) is 8.75. The van der Waals surface area contributed by atoms with Gasteiger partial charge in [-0.3, -0.25) is 0 Å². The van der Waals surface area contributed by atoms with Gasteiger partial charge in [-0.1, -0.05) is 0 Å². The number of hydrogen-bond acceptors (Lipinski definition) is 6. The number of aryl methyl sites for hydroxylation is 1. The van der Waals surface area contributed by atoms with Gasteiger partial charge >= 0.3 is 0 Å². The Morgan fingerprint density at radius 1 is 1.20 bits per heavy atom. The zero-order chi connectivity index (χ0) is 21.1. The van der Waals surface area contributed by atoms with Crippen LogP contribution in [0.25, 0.3) is 0 Å². The Balaban J connectivity index is 1.58. The van der Waals surface area contributed by atoms with Crippen LogP contribution in [0.5, 0.6) is 11.5 Å². The molecule has 0 bridgehead atoms. The van der Waals surface area contributed by atoms with E-state index in [-0.39, 0.29) is 4.90 Å². The van der Waals surface area contributed by atoms with Crippen molar-refractivity contribution in [2.75, 3.05) is 18.1 Å². The Labute approximate surface area is 181 Å². The first-order valence-electron chi connectivity index (χ1n) is 9.84. The van der Waals surface area contributed by atoms with E-state index in [1.165, 1.54) is 6.26 Å². The van der Waals surface area contributed by atoms with Crippen molar-refractivity contribution in [2.45, 2.75) is 37.1 Å². The fourth-order valence-electron chi connectivity index (χ4n) is 3.45. The molecule has 0 aliphatic carbocycles. The molecule has 1 atom stereocenters. The molecule has 2 aromatic carbocycles. The van der Waals surface area contributed by atoms with Crippen LogP contribution in [0, 0.1) is 6.92 Å². The highest BCUT2D eigenvalue weighted by Crippen LogP contribution is 2.32. The molecule has 1 radical (unpaired) electrons. The Morgan fingerprint density at radius 3 is 2.63 bits per heavy atom. The number of sulfone groups is 1. The molecular formula is C22H24N3O3S2. The molecule has 1 aliphatic rings. The van der Waals surface area contributed by atoms with E-state index in [4.69, 9.17) is 4.74 Å². The average molecular weight is 443 g/mol. The van der Waals surface area contributed by atoms with Crippen LogP contribution in [0.1, 0.15) is 23.3 Å². The molecule has 0 amide bonds. The first kappa shape index (κ1) is 20.8. The highest BCUT2D eigenvalue weighted by atomic mass is 32.2. The molecular weight excluding hydrogens is 418 g/mol. The van der Waals surface area contributed by atoms with Gasteiger partial charge < -0.3 is 10.1 Å². The van der Waals surface area contributed by atoms with E-state index >= 15 is 0 Å². The Kier molecular flexibility index (Phi) is 6.08. The van der Waals surface area contributed by atoms with Crippen molar-refractivity contribution in [3.8, 4) is 11.5 Å². The van der Waals surface area contributed by atoms with Gasteiger partial charge in [-0.05, 0) is 74.2 Å². The monoisotopic (exact) mass is 442 g/mol. The van der Waals surface area contributed by atoms with E-state index in [0.717, 1.165) is 52.8 Å². The first-order valence-corrected chi connectivity index (χ1v) is 12.5. The van der Waals surface area contributed by atoms with Crippen molar-refractivity contribution in [1.82, 2.24) is 10.3 Å². The Bertz CT molecular complexity index is 1120. The molecule has 1 aromatic heterocycles. The molecule has 1 unspecified atom stereocenters. The van der Waals surface area contributed by atoms with Crippen LogP contribution in [-0.2, 0) is 16.3 Å². The third-order valence-corrected chi connectivity index (χ3v) is 6.91. The molecule has 1 fully saturated rings. The van der Waals surface area contributed by atoms with Gasteiger partial charge in [-0.25, -0.2) is 18.7 Å². The van der Waals surface area contributed by atoms with Gasteiger partial charge in [0.2, 0.25) is 0 Å². The molecule has 157 valence electrons. The SMILES string of the molecule is Cc1cnc(Nc2ccc(Oc3ccc(S(C)(=O)=O)cc3)c(CC3CCC[N]3)c2)s1. The largest absolute Gasteiger partial charge is 0.457 e. The number of benzene rings is 2. The molecule has 1 saturated heterocycles. The predicted octanol–water partition coefficient (Wildman–Crippen LogP) is 4.70. The minimum absolute atomic E-state index is 0.276. The summed E-state index contributed by atoms with van der Waals surface area (Å²) in [5, 5.41) is 8.90. The Hall–Kier alpha value is -2.42. The van der Waals surface area contributed by atoms with Crippen LogP contribution in [0.2, 0.25) is 0 Å². The van der Waals surface area contributed by atoms with Gasteiger partial charge in [0.1, 0.15) is 11.5 Å². The van der Waals surface area contributed by atoms with Crippen molar-refractivity contribution in [3.05, 3.63) is 59.1 Å². The number of nitrogens with zero attached hydrogens (tertiary/aromatic N) is 2. The molecule has 6 nitrogen and oxygen atoms in total. The maximum atomic E-state index is 11.7. The molecule has 4 rings (SSSR count). The summed E-state index contributed by atoms with van der Waals surface area (Å²) < 4.78 is 29.5. The molecule has 30 heavy (non-hydrogen) atoms. The molecule has 0 saturated carbocycles. The highest BCUT2D eigenvalue weighted by Gasteiger charge is 2.19. The summed E-state index contributed by atoms with van der Waals surface area (Å²) in [4.78, 5) is 5.80. The summed E-state index contributed by atoms with van der Waals surface area (Å²) in [6.07, 6.45) is 6.07. The number of hydrogen-bond donors (Lipinski definition) is 1. The molecule has 1 aliphatic heterocycles. The zero-order valence-electron chi connectivity index (χ0n) is 17.0. The minimum Gasteiger partial charge on any atom is -0.457 e. The number of aromatic nitrogens is 1. The minimum atomic E-state index is -3.23. The summed E-state index contributed by atoms with van der Waals surface area (Å²) in [7, 11) is -3.23. The van der Waals surface area contributed by atoms with Crippen LogP contribution in [0.3, 0.4) is 0 Å². The normalized spacial score (nSPS) is 16.5. The lowest BCUT2D eigenvalue weighted by Crippen LogP contribution is -2.17. The average Bonchev–Trinajstić information content (AvgIpc) is 3.35. The van der Waals surface area contributed by atoms with E-state index in [2.05, 4.69) is 21.7 Å². The molecule has 8 heteroatoms. The predicted molar refractivity (Wildman–Crippen MR) is 120 cm³/mol. The number of anilines is 2. The van der Waals surface area contributed by atoms with Gasteiger partial charge in [-0.15, -0.1) is 11.3 Å². The third-order valence-electron chi connectivity index (χ3n) is 4.95. The second-order valence-electron chi connectivity index (χ2n) is 7.48. The van der Waals surface area contributed by atoms with Crippen molar-refractivity contribution in [2.24, 2.45) is 0 Å². The van der Waals surface area contributed by atoms with Gasteiger partial charge in [-0.2, -0.15) is 0 Å². The summed E-state index contributed by atoms with van der Waals surface area (Å²) >= 11 is 1.61. The maximum absolute atomic E-state index is 11.7. The van der Waals surface area contributed by atoms with Crippen LogP contribution in [0.4, 0.5) is 10.8 Å². The van der Waals surface area contributed by atoms with Crippen LogP contribution >= 0.6 is 11.3 Å². The van der Waals surface area contributed by atoms with Gasteiger partial charge in [0.15, 0.2) is 15.0 Å². The van der Waals surface area contributed by atoms with E-state index < -0.39 is 9.84 Å². The summed E-state index contributed by atoms with van der Waals surface area (Å²) in [6, 6.07) is 12.8. The number of thiazole rings is 1. The quantitative estimate of drug-likeness (QED) is 0.573. The topological polar surface area (TPSA) is 82.4 Å². The van der Waals surface area contributed by atoms with Gasteiger partial charge in [0, 0.05) is 35.6 Å². The smallest absolute Gasteiger partial charge is 0.187 e. The van der Waals surface area contributed by atoms with Gasteiger partial charge in [0.05, 0.1) is 4.90 Å². The molecule has 2 heterocycles. The summed E-state index contributed by atoms with van der Waals surface area (Å²) in [6.45, 7) is 2.95. The van der Waals surface area contributed by atoms with E-state index in [1.54, 1.807) is 35.6 Å². The third kappa shape index (κ3) is 5.19. The number of ether oxygens (including phenoxy) is 1. The second-order valence-corrected chi connectivity index (χ2v) is 10.7. The molecule has 0 spiro atoms. The van der Waals surface area contributed by atoms with Crippen molar-refractivity contribution in [3.63, 3.8) is 0 Å². The van der Waals surface area contributed by atoms with E-state index in [1.807, 2.05) is 25.3 Å².